The van der Waals surface area contributed by atoms with E-state index >= 15 is 0 Å². The highest BCUT2D eigenvalue weighted by Crippen LogP contribution is 2.60. The normalized spacial score (nSPS) is 36.0. The number of rotatable bonds is 3. The minimum absolute atomic E-state index is 0.0888. The van der Waals surface area contributed by atoms with Crippen LogP contribution in [0.2, 0.25) is 0 Å². The highest BCUT2D eigenvalue weighted by molar-refractivity contribution is 7.89. The Morgan fingerprint density at radius 2 is 1.69 bits per heavy atom. The van der Waals surface area contributed by atoms with Crippen molar-refractivity contribution in [3.05, 3.63) is 35.4 Å². The van der Waals surface area contributed by atoms with E-state index in [1.807, 2.05) is 6.07 Å². The van der Waals surface area contributed by atoms with E-state index in [1.54, 1.807) is 18.2 Å². The number of nitrogens with one attached hydrogen (secondary N) is 1. The van der Waals surface area contributed by atoms with Gasteiger partial charge in [-0.2, -0.15) is 0 Å². The Morgan fingerprint density at radius 1 is 1.10 bits per heavy atom. The molecule has 29 heavy (non-hydrogen) atoms. The summed E-state index contributed by atoms with van der Waals surface area (Å²) in [5.41, 5.74) is 2.16. The molecule has 4 bridgehead atoms. The summed E-state index contributed by atoms with van der Waals surface area (Å²) in [4.78, 5) is 13.7. The monoisotopic (exact) mass is 414 g/mol. The lowest BCUT2D eigenvalue weighted by Gasteiger charge is -2.55. The van der Waals surface area contributed by atoms with Crippen LogP contribution in [0.1, 0.15) is 63.5 Å². The van der Waals surface area contributed by atoms with Gasteiger partial charge < -0.3 is 5.32 Å². The molecule has 3 N–H and O–H groups in total. The summed E-state index contributed by atoms with van der Waals surface area (Å²) < 4.78 is 23.8. The quantitative estimate of drug-likeness (QED) is 0.742. The smallest absolute Gasteiger partial charge is 0.238 e. The van der Waals surface area contributed by atoms with Crippen LogP contribution in [0.5, 0.6) is 0 Å². The predicted octanol–water partition coefficient (Wildman–Crippen LogP) is 3.38. The lowest BCUT2D eigenvalue weighted by molar-refractivity contribution is -0.138. The number of carbonyl (C=O) groups is 1. The first-order chi connectivity index (χ1) is 13.5. The second-order valence-corrected chi connectivity index (χ2v) is 12.2. The topological polar surface area (TPSA) is 89.3 Å². The van der Waals surface area contributed by atoms with Crippen LogP contribution in [-0.4, -0.2) is 19.7 Å². The molecule has 4 fully saturated rings. The van der Waals surface area contributed by atoms with Crippen molar-refractivity contribution in [3.63, 3.8) is 0 Å². The highest BCUT2D eigenvalue weighted by atomic mass is 32.2. The lowest BCUT2D eigenvalue weighted by atomic mass is 9.48. The Hall–Kier alpha value is -1.66. The van der Waals surface area contributed by atoms with E-state index < -0.39 is 10.0 Å². The maximum atomic E-state index is 13.6. The van der Waals surface area contributed by atoms with Gasteiger partial charge in [0.05, 0.1) is 4.90 Å². The van der Waals surface area contributed by atoms with Gasteiger partial charge in [0.25, 0.3) is 0 Å². The van der Waals surface area contributed by atoms with Crippen molar-refractivity contribution >= 4 is 21.5 Å². The number of benzene rings is 1. The van der Waals surface area contributed by atoms with Gasteiger partial charge in [0.1, 0.15) is 0 Å². The molecule has 0 spiro atoms. The number of carbonyl (C=O) groups excluding carboxylic acids is 1. The van der Waals surface area contributed by atoms with Crippen LogP contribution in [0, 0.1) is 23.2 Å². The van der Waals surface area contributed by atoms with Crippen LogP contribution in [-0.2, 0) is 21.2 Å². The number of primary sulfonamides is 1. The number of allylic oxidation sites excluding steroid dienone is 1. The Balaban J connectivity index is 1.55. The van der Waals surface area contributed by atoms with Gasteiger partial charge in [0, 0.05) is 28.3 Å². The van der Waals surface area contributed by atoms with Gasteiger partial charge in [-0.05, 0) is 94.2 Å². The molecule has 0 unspecified atom stereocenters. The van der Waals surface area contributed by atoms with Crippen LogP contribution in [0.3, 0.4) is 0 Å². The first-order valence-electron chi connectivity index (χ1n) is 10.7. The number of sulfonamides is 1. The van der Waals surface area contributed by atoms with E-state index in [1.165, 1.54) is 19.3 Å². The Bertz CT molecular complexity index is 987. The van der Waals surface area contributed by atoms with E-state index in [2.05, 4.69) is 19.2 Å². The fourth-order valence-corrected chi connectivity index (χ4v) is 7.44. The summed E-state index contributed by atoms with van der Waals surface area (Å²) in [6.45, 7) is 4.21. The molecule has 1 heterocycles. The fourth-order valence-electron chi connectivity index (χ4n) is 6.90. The second-order valence-electron chi connectivity index (χ2n) is 10.7. The van der Waals surface area contributed by atoms with Crippen LogP contribution in [0.25, 0.3) is 5.70 Å². The summed E-state index contributed by atoms with van der Waals surface area (Å²) in [6, 6.07) is 5.01. The van der Waals surface area contributed by atoms with E-state index in [0.29, 0.717) is 17.8 Å². The van der Waals surface area contributed by atoms with Crippen molar-refractivity contribution in [2.24, 2.45) is 28.3 Å². The molecule has 1 aromatic carbocycles. The zero-order valence-electron chi connectivity index (χ0n) is 17.2. The zero-order chi connectivity index (χ0) is 20.6. The second kappa shape index (κ2) is 6.17. The first-order valence-corrected chi connectivity index (χ1v) is 12.3. The molecular formula is C23H30N2O3S. The number of ketones is 1. The van der Waals surface area contributed by atoms with Crippen molar-refractivity contribution in [1.29, 1.82) is 0 Å². The van der Waals surface area contributed by atoms with Crippen LogP contribution in [0.4, 0.5) is 0 Å². The fraction of sp³-hybridized carbons (Fsp3) is 0.609. The van der Waals surface area contributed by atoms with E-state index in [0.717, 1.165) is 42.5 Å². The predicted molar refractivity (Wildman–Crippen MR) is 112 cm³/mol. The van der Waals surface area contributed by atoms with Crippen molar-refractivity contribution in [3.8, 4) is 0 Å². The molecule has 156 valence electrons. The molecule has 5 nitrogen and oxygen atoms in total. The van der Waals surface area contributed by atoms with E-state index in [9.17, 15) is 13.2 Å². The molecule has 0 radical (unpaired) electrons. The molecule has 5 aliphatic rings. The standard InChI is InChI=1S/C23H30N2O3S/c1-22(2)13-17-3-4-18(29(24,27)28)8-19(17)20(25-22)9-21(26)23-10-14-5-15(11-23)7-16(6-14)12-23/h3-4,8-9,14-16,25H,5-7,10-13H2,1-2H3,(H2,24,27,28). The van der Waals surface area contributed by atoms with Crippen molar-refractivity contribution < 1.29 is 13.2 Å². The van der Waals surface area contributed by atoms with E-state index in [-0.39, 0.29) is 21.6 Å². The summed E-state index contributed by atoms with van der Waals surface area (Å²) in [5.74, 6) is 2.35. The minimum atomic E-state index is -3.79. The molecule has 0 aromatic heterocycles. The molecule has 6 heteroatoms. The van der Waals surface area contributed by atoms with Gasteiger partial charge in [-0.25, -0.2) is 13.6 Å². The average Bonchev–Trinajstić information content (AvgIpc) is 2.58. The third-order valence-electron chi connectivity index (χ3n) is 7.64. The zero-order valence-corrected chi connectivity index (χ0v) is 18.0. The van der Waals surface area contributed by atoms with Crippen LogP contribution in [0.15, 0.2) is 29.2 Å². The number of hydrogen-bond donors (Lipinski definition) is 2. The Morgan fingerprint density at radius 3 is 2.24 bits per heavy atom. The maximum absolute atomic E-state index is 13.6. The van der Waals surface area contributed by atoms with Crippen molar-refractivity contribution in [2.75, 3.05) is 0 Å². The molecule has 6 rings (SSSR count). The van der Waals surface area contributed by atoms with Gasteiger partial charge in [0.2, 0.25) is 10.0 Å². The molecule has 1 aromatic rings. The molecule has 0 saturated heterocycles. The van der Waals surface area contributed by atoms with E-state index in [4.69, 9.17) is 5.14 Å². The Labute approximate surface area is 173 Å². The molecule has 4 aliphatic carbocycles. The van der Waals surface area contributed by atoms with Gasteiger partial charge >= 0.3 is 0 Å². The number of nitrogens with two attached hydrogens (primary N) is 1. The third kappa shape index (κ3) is 3.34. The summed E-state index contributed by atoms with van der Waals surface area (Å²) in [5, 5.41) is 8.85. The van der Waals surface area contributed by atoms with Gasteiger partial charge in [-0.1, -0.05) is 6.07 Å². The molecule has 0 atom stereocenters. The maximum Gasteiger partial charge on any atom is 0.238 e. The molecule has 4 saturated carbocycles. The number of hydrogen-bond acceptors (Lipinski definition) is 4. The Kier molecular flexibility index (Phi) is 4.11. The van der Waals surface area contributed by atoms with Crippen molar-refractivity contribution in [1.82, 2.24) is 5.32 Å². The van der Waals surface area contributed by atoms with Crippen LogP contribution >= 0.6 is 0 Å². The molecular weight excluding hydrogens is 384 g/mol. The SMILES string of the molecule is CC1(C)Cc2ccc(S(N)(=O)=O)cc2C(=CC(=O)C23CC4CC(CC(C4)C2)C3)N1. The van der Waals surface area contributed by atoms with Gasteiger partial charge in [-0.3, -0.25) is 4.79 Å². The van der Waals surface area contributed by atoms with Crippen LogP contribution < -0.4 is 10.5 Å². The molecule has 1 aliphatic heterocycles. The van der Waals surface area contributed by atoms with Gasteiger partial charge in [0.15, 0.2) is 5.78 Å². The first kappa shape index (κ1) is 19.3. The average molecular weight is 415 g/mol. The minimum Gasteiger partial charge on any atom is -0.379 e. The lowest BCUT2D eigenvalue weighted by Crippen LogP contribution is -2.50. The number of fused-ring (bicyclic) bond motifs is 1. The highest BCUT2D eigenvalue weighted by Gasteiger charge is 2.54. The summed E-state index contributed by atoms with van der Waals surface area (Å²) in [7, 11) is -3.79. The third-order valence-corrected chi connectivity index (χ3v) is 8.55. The largest absolute Gasteiger partial charge is 0.379 e. The summed E-state index contributed by atoms with van der Waals surface area (Å²) in [6.07, 6.45) is 9.51. The van der Waals surface area contributed by atoms with Crippen molar-refractivity contribution in [2.45, 2.75) is 69.2 Å². The van der Waals surface area contributed by atoms with Gasteiger partial charge in [-0.15, -0.1) is 0 Å². The summed E-state index contributed by atoms with van der Waals surface area (Å²) >= 11 is 0. The molecule has 0 amide bonds.